The first-order valence-corrected chi connectivity index (χ1v) is 7.94. The van der Waals surface area contributed by atoms with Gasteiger partial charge in [0.05, 0.1) is 28.6 Å². The van der Waals surface area contributed by atoms with Crippen molar-refractivity contribution in [2.45, 2.75) is 0 Å². The lowest BCUT2D eigenvalue weighted by molar-refractivity contribution is -0.394. The molecule has 9 nitrogen and oxygen atoms in total. The van der Waals surface area contributed by atoms with Crippen LogP contribution < -0.4 is 9.47 Å². The minimum absolute atomic E-state index is 0.182. The van der Waals surface area contributed by atoms with Gasteiger partial charge in [-0.3, -0.25) is 25.0 Å². The van der Waals surface area contributed by atoms with Crippen molar-refractivity contribution in [2.75, 3.05) is 13.0 Å². The second-order valence-corrected chi connectivity index (χ2v) is 5.38. The highest BCUT2D eigenvalue weighted by Gasteiger charge is 2.17. The van der Waals surface area contributed by atoms with Crippen molar-refractivity contribution in [3.63, 3.8) is 0 Å². The van der Waals surface area contributed by atoms with Crippen molar-refractivity contribution in [1.29, 1.82) is 0 Å². The molecule has 0 heterocycles. The highest BCUT2D eigenvalue weighted by Crippen LogP contribution is 2.30. The zero-order chi connectivity index (χ0) is 20.0. The molecule has 0 radical (unpaired) electrons. The van der Waals surface area contributed by atoms with Gasteiger partial charge >= 0.3 is 5.97 Å². The quantitative estimate of drug-likeness (QED) is 0.175. The maximum absolute atomic E-state index is 11.3. The summed E-state index contributed by atoms with van der Waals surface area (Å²) in [5.74, 6) is -0.496. The summed E-state index contributed by atoms with van der Waals surface area (Å²) in [5.41, 5.74) is 0.0402. The number of nitro benzene ring substituents is 2. The molecule has 0 fully saturated rings. The SMILES string of the molecule is COc1cc(/C=C/c2ccc([N+](=O)[O-])cc2[N+](=O)[O-])ccc1OC(=O)CCl. The smallest absolute Gasteiger partial charge is 0.326 e. The lowest BCUT2D eigenvalue weighted by Crippen LogP contribution is -2.09. The first-order valence-electron chi connectivity index (χ1n) is 7.41. The summed E-state index contributed by atoms with van der Waals surface area (Å²) in [6.07, 6.45) is 3.00. The van der Waals surface area contributed by atoms with Gasteiger partial charge in [-0.1, -0.05) is 12.1 Å². The Morgan fingerprint density at radius 2 is 1.81 bits per heavy atom. The van der Waals surface area contributed by atoms with E-state index in [2.05, 4.69) is 0 Å². The first kappa shape index (κ1) is 19.9. The average molecular weight is 393 g/mol. The third kappa shape index (κ3) is 5.02. The van der Waals surface area contributed by atoms with Crippen LogP contribution in [0.25, 0.3) is 12.2 Å². The number of non-ortho nitro benzene ring substituents is 1. The fourth-order valence-electron chi connectivity index (χ4n) is 2.15. The number of methoxy groups -OCH3 is 1. The number of carbonyl (C=O) groups excluding carboxylic acids is 1. The van der Waals surface area contributed by atoms with Gasteiger partial charge in [-0.25, -0.2) is 0 Å². The molecule has 2 aromatic carbocycles. The summed E-state index contributed by atoms with van der Waals surface area (Å²) < 4.78 is 10.2. The van der Waals surface area contributed by atoms with Gasteiger partial charge in [0, 0.05) is 6.07 Å². The Morgan fingerprint density at radius 1 is 1.07 bits per heavy atom. The number of esters is 1. The maximum atomic E-state index is 11.3. The lowest BCUT2D eigenvalue weighted by Gasteiger charge is -2.09. The van der Waals surface area contributed by atoms with Crippen LogP contribution in [0.3, 0.4) is 0 Å². The second-order valence-electron chi connectivity index (χ2n) is 5.11. The maximum Gasteiger partial charge on any atom is 0.326 e. The van der Waals surface area contributed by atoms with Crippen molar-refractivity contribution in [2.24, 2.45) is 0 Å². The summed E-state index contributed by atoms with van der Waals surface area (Å²) in [7, 11) is 1.39. The molecule has 0 unspecified atom stereocenters. The number of hydrogen-bond acceptors (Lipinski definition) is 7. The fourth-order valence-corrected chi connectivity index (χ4v) is 2.21. The number of carbonyl (C=O) groups is 1. The van der Waals surface area contributed by atoms with E-state index in [1.165, 1.54) is 31.4 Å². The Morgan fingerprint density at radius 3 is 2.41 bits per heavy atom. The highest BCUT2D eigenvalue weighted by molar-refractivity contribution is 6.26. The van der Waals surface area contributed by atoms with Gasteiger partial charge in [-0.2, -0.15) is 0 Å². The number of ether oxygens (including phenoxy) is 2. The number of rotatable bonds is 7. The Bertz CT molecular complexity index is 927. The Kier molecular flexibility index (Phi) is 6.45. The van der Waals surface area contributed by atoms with Crippen molar-refractivity contribution >= 4 is 41.1 Å². The molecule has 0 spiro atoms. The number of nitro groups is 2. The molecule has 0 aliphatic rings. The number of alkyl halides is 1. The zero-order valence-corrected chi connectivity index (χ0v) is 14.7. The van der Waals surface area contributed by atoms with Crippen LogP contribution in [0.2, 0.25) is 0 Å². The van der Waals surface area contributed by atoms with Gasteiger partial charge < -0.3 is 9.47 Å². The van der Waals surface area contributed by atoms with Gasteiger partial charge in [0.15, 0.2) is 11.5 Å². The number of hydrogen-bond donors (Lipinski definition) is 0. The molecule has 0 atom stereocenters. The van der Waals surface area contributed by atoms with Crippen molar-refractivity contribution in [3.8, 4) is 11.5 Å². The minimum atomic E-state index is -0.702. The van der Waals surface area contributed by atoms with Crippen LogP contribution in [0.4, 0.5) is 11.4 Å². The summed E-state index contributed by atoms with van der Waals surface area (Å²) in [6.45, 7) is 0. The van der Waals surface area contributed by atoms with E-state index >= 15 is 0 Å². The Labute approximate surface area is 158 Å². The van der Waals surface area contributed by atoms with Crippen LogP contribution in [-0.2, 0) is 4.79 Å². The summed E-state index contributed by atoms with van der Waals surface area (Å²) in [4.78, 5) is 31.8. The van der Waals surface area contributed by atoms with Crippen LogP contribution in [0.1, 0.15) is 11.1 Å². The van der Waals surface area contributed by atoms with E-state index in [4.69, 9.17) is 21.1 Å². The molecule has 0 amide bonds. The molecule has 0 saturated carbocycles. The molecule has 0 aliphatic carbocycles. The molecule has 0 aromatic heterocycles. The monoisotopic (exact) mass is 392 g/mol. The molecule has 0 aliphatic heterocycles. The van der Waals surface area contributed by atoms with Crippen LogP contribution in [0, 0.1) is 20.2 Å². The van der Waals surface area contributed by atoms with E-state index < -0.39 is 15.8 Å². The Balaban J connectivity index is 2.33. The predicted octanol–water partition coefficient (Wildman–Crippen LogP) is 3.83. The molecular weight excluding hydrogens is 380 g/mol. The van der Waals surface area contributed by atoms with Gasteiger partial charge in [-0.15, -0.1) is 11.6 Å². The molecule has 140 valence electrons. The average Bonchev–Trinajstić information content (AvgIpc) is 2.66. The molecular formula is C17H13ClN2O7. The molecule has 2 rings (SSSR count). The minimum Gasteiger partial charge on any atom is -0.493 e. The molecule has 10 heteroatoms. The number of halogens is 1. The highest BCUT2D eigenvalue weighted by atomic mass is 35.5. The predicted molar refractivity (Wildman–Crippen MR) is 98.0 cm³/mol. The largest absolute Gasteiger partial charge is 0.493 e. The van der Waals surface area contributed by atoms with Gasteiger partial charge in [-0.05, 0) is 29.8 Å². The van der Waals surface area contributed by atoms with Crippen LogP contribution >= 0.6 is 11.6 Å². The van der Waals surface area contributed by atoms with Gasteiger partial charge in [0.2, 0.25) is 0 Å². The van der Waals surface area contributed by atoms with Crippen LogP contribution in [0.15, 0.2) is 36.4 Å². The normalized spacial score (nSPS) is 10.6. The van der Waals surface area contributed by atoms with E-state index in [0.717, 1.165) is 6.07 Å². The van der Waals surface area contributed by atoms with E-state index in [0.29, 0.717) is 5.56 Å². The first-order chi connectivity index (χ1) is 12.8. The van der Waals surface area contributed by atoms with E-state index in [-0.39, 0.29) is 34.3 Å². The lowest BCUT2D eigenvalue weighted by atomic mass is 10.1. The Hall–Kier alpha value is -3.46. The third-order valence-corrected chi connectivity index (χ3v) is 3.62. The van der Waals surface area contributed by atoms with Gasteiger partial charge in [0.1, 0.15) is 5.88 Å². The molecule has 27 heavy (non-hydrogen) atoms. The topological polar surface area (TPSA) is 122 Å². The zero-order valence-electron chi connectivity index (χ0n) is 14.0. The molecule has 0 N–H and O–H groups in total. The van der Waals surface area contributed by atoms with Crippen LogP contribution in [0.5, 0.6) is 11.5 Å². The standard InChI is InChI=1S/C17H13ClN2O7/c1-26-16-8-11(3-7-15(16)27-17(21)10-18)2-4-12-5-6-13(19(22)23)9-14(12)20(24)25/h2-9H,10H2,1H3/b4-2+. The molecule has 0 bridgehead atoms. The van der Waals surface area contributed by atoms with Gasteiger partial charge in [0.25, 0.3) is 11.4 Å². The third-order valence-electron chi connectivity index (χ3n) is 3.40. The summed E-state index contributed by atoms with van der Waals surface area (Å²) in [5, 5.41) is 21.9. The van der Waals surface area contributed by atoms with E-state index in [9.17, 15) is 25.0 Å². The van der Waals surface area contributed by atoms with Crippen molar-refractivity contribution < 1.29 is 24.1 Å². The van der Waals surface area contributed by atoms with Crippen molar-refractivity contribution in [1.82, 2.24) is 0 Å². The summed E-state index contributed by atoms with van der Waals surface area (Å²) >= 11 is 5.39. The second kappa shape index (κ2) is 8.77. The molecule has 0 saturated heterocycles. The van der Waals surface area contributed by atoms with E-state index in [1.54, 1.807) is 18.2 Å². The van der Waals surface area contributed by atoms with Crippen LogP contribution in [-0.4, -0.2) is 28.8 Å². The number of benzene rings is 2. The summed E-state index contributed by atoms with van der Waals surface area (Å²) in [6, 6.07) is 8.03. The van der Waals surface area contributed by atoms with E-state index in [1.807, 2.05) is 0 Å². The molecule has 2 aromatic rings. The number of nitrogens with zero attached hydrogens (tertiary/aromatic N) is 2. The van der Waals surface area contributed by atoms with Crippen molar-refractivity contribution in [3.05, 3.63) is 67.8 Å². The fraction of sp³-hybridized carbons (Fsp3) is 0.118.